The lowest BCUT2D eigenvalue weighted by Gasteiger charge is -2.44. The zero-order valence-corrected chi connectivity index (χ0v) is 13.2. The van der Waals surface area contributed by atoms with Crippen LogP contribution in [0.1, 0.15) is 44.3 Å². The van der Waals surface area contributed by atoms with E-state index in [1.54, 1.807) is 23.2 Å². The third-order valence-corrected chi connectivity index (χ3v) is 4.91. The molecule has 1 N–H and O–H groups in total. The first-order valence-electron chi connectivity index (χ1n) is 6.97. The normalized spacial score (nSPS) is 22.0. The summed E-state index contributed by atoms with van der Waals surface area (Å²) in [6.07, 6.45) is 1.21. The van der Waals surface area contributed by atoms with E-state index in [0.29, 0.717) is 19.4 Å². The number of nitrogens with one attached hydrogen (secondary N) is 1. The summed E-state index contributed by atoms with van der Waals surface area (Å²) >= 11 is 1.56. The highest BCUT2D eigenvalue weighted by Gasteiger charge is 2.47. The maximum Gasteiger partial charge on any atom is 0.249 e. The summed E-state index contributed by atoms with van der Waals surface area (Å²) in [5.74, 6) is -0.0829. The summed E-state index contributed by atoms with van der Waals surface area (Å²) < 4.78 is 0. The number of thiazole rings is 1. The molecule has 1 aliphatic heterocycles. The lowest BCUT2D eigenvalue weighted by molar-refractivity contribution is -0.155. The number of hydrogen-bond donors (Lipinski definition) is 1. The van der Waals surface area contributed by atoms with E-state index in [1.165, 1.54) is 0 Å². The van der Waals surface area contributed by atoms with E-state index in [4.69, 9.17) is 0 Å². The SMILES string of the molecule is CCC1(CC)NC(=O)C(C)N(Cc2csc(C)n2)C1=O. The molecule has 1 aromatic heterocycles. The van der Waals surface area contributed by atoms with Crippen LogP contribution in [0.15, 0.2) is 5.38 Å². The molecule has 0 bridgehead atoms. The first kappa shape index (κ1) is 15.0. The standard InChI is InChI=1S/C14H21N3O2S/c1-5-14(6-2)13(19)17(9(3)12(18)16-14)7-11-8-20-10(4)15-11/h8-9H,5-7H2,1-4H3,(H,16,18). The fraction of sp³-hybridized carbons (Fsp3) is 0.643. The van der Waals surface area contributed by atoms with E-state index in [2.05, 4.69) is 10.3 Å². The maximum atomic E-state index is 12.8. The van der Waals surface area contributed by atoms with Crippen LogP contribution in [0.5, 0.6) is 0 Å². The van der Waals surface area contributed by atoms with Crippen LogP contribution in [-0.2, 0) is 16.1 Å². The van der Waals surface area contributed by atoms with Crippen molar-refractivity contribution in [3.05, 3.63) is 16.1 Å². The molecule has 0 radical (unpaired) electrons. The van der Waals surface area contributed by atoms with Gasteiger partial charge in [0, 0.05) is 5.38 Å². The molecule has 1 saturated heterocycles. The second kappa shape index (κ2) is 5.52. The van der Waals surface area contributed by atoms with Gasteiger partial charge in [-0.1, -0.05) is 13.8 Å². The number of amides is 2. The number of carbonyl (C=O) groups excluding carboxylic acids is 2. The molecule has 2 heterocycles. The van der Waals surface area contributed by atoms with Gasteiger partial charge in [0.2, 0.25) is 11.8 Å². The van der Waals surface area contributed by atoms with Gasteiger partial charge in [-0.15, -0.1) is 11.3 Å². The molecule has 1 aromatic rings. The molecular formula is C14H21N3O2S. The Morgan fingerprint density at radius 1 is 1.40 bits per heavy atom. The van der Waals surface area contributed by atoms with Crippen molar-refractivity contribution in [2.75, 3.05) is 0 Å². The van der Waals surface area contributed by atoms with Crippen LogP contribution in [0.25, 0.3) is 0 Å². The minimum atomic E-state index is -0.755. The number of hydrogen-bond acceptors (Lipinski definition) is 4. The fourth-order valence-electron chi connectivity index (χ4n) is 2.58. The van der Waals surface area contributed by atoms with Gasteiger partial charge >= 0.3 is 0 Å². The van der Waals surface area contributed by atoms with Gasteiger partial charge < -0.3 is 10.2 Å². The maximum absolute atomic E-state index is 12.8. The van der Waals surface area contributed by atoms with Crippen molar-refractivity contribution in [1.29, 1.82) is 0 Å². The number of aryl methyl sites for hydroxylation is 1. The lowest BCUT2D eigenvalue weighted by Crippen LogP contribution is -2.69. The predicted molar refractivity (Wildman–Crippen MR) is 78.3 cm³/mol. The Morgan fingerprint density at radius 2 is 2.05 bits per heavy atom. The Hall–Kier alpha value is -1.43. The highest BCUT2D eigenvalue weighted by Crippen LogP contribution is 2.26. The van der Waals surface area contributed by atoms with Crippen LogP contribution in [0, 0.1) is 6.92 Å². The van der Waals surface area contributed by atoms with Crippen LogP contribution in [0.4, 0.5) is 0 Å². The van der Waals surface area contributed by atoms with Crippen LogP contribution in [0.3, 0.4) is 0 Å². The van der Waals surface area contributed by atoms with E-state index < -0.39 is 11.6 Å². The van der Waals surface area contributed by atoms with Crippen molar-refractivity contribution in [1.82, 2.24) is 15.2 Å². The van der Waals surface area contributed by atoms with Crippen molar-refractivity contribution in [3.8, 4) is 0 Å². The monoisotopic (exact) mass is 295 g/mol. The third kappa shape index (κ3) is 2.44. The first-order valence-corrected chi connectivity index (χ1v) is 7.85. The molecule has 2 amide bonds. The quantitative estimate of drug-likeness (QED) is 0.922. The zero-order chi connectivity index (χ0) is 14.9. The van der Waals surface area contributed by atoms with Crippen molar-refractivity contribution in [2.45, 2.75) is 58.7 Å². The molecule has 1 unspecified atom stereocenters. The molecule has 110 valence electrons. The molecule has 1 atom stereocenters. The van der Waals surface area contributed by atoms with Gasteiger partial charge in [-0.3, -0.25) is 9.59 Å². The molecule has 1 aliphatic rings. The van der Waals surface area contributed by atoms with Crippen molar-refractivity contribution in [3.63, 3.8) is 0 Å². The molecule has 0 saturated carbocycles. The molecule has 0 aromatic carbocycles. The minimum Gasteiger partial charge on any atom is -0.340 e. The number of carbonyl (C=O) groups is 2. The highest BCUT2D eigenvalue weighted by molar-refractivity contribution is 7.09. The van der Waals surface area contributed by atoms with Crippen LogP contribution in [-0.4, -0.2) is 33.3 Å². The molecule has 5 nitrogen and oxygen atoms in total. The van der Waals surface area contributed by atoms with Gasteiger partial charge in [-0.25, -0.2) is 4.98 Å². The third-order valence-electron chi connectivity index (χ3n) is 4.09. The van der Waals surface area contributed by atoms with Crippen LogP contribution >= 0.6 is 11.3 Å². The predicted octanol–water partition coefficient (Wildman–Crippen LogP) is 1.86. The molecule has 6 heteroatoms. The number of rotatable bonds is 4. The fourth-order valence-corrected chi connectivity index (χ4v) is 3.18. The zero-order valence-electron chi connectivity index (χ0n) is 12.4. The summed E-state index contributed by atoms with van der Waals surface area (Å²) in [7, 11) is 0. The van der Waals surface area contributed by atoms with E-state index in [0.717, 1.165) is 10.7 Å². The van der Waals surface area contributed by atoms with Crippen molar-refractivity contribution < 1.29 is 9.59 Å². The summed E-state index contributed by atoms with van der Waals surface area (Å²) in [6.45, 7) is 7.97. The second-order valence-electron chi connectivity index (χ2n) is 5.25. The Morgan fingerprint density at radius 3 is 2.55 bits per heavy atom. The van der Waals surface area contributed by atoms with Crippen LogP contribution in [0.2, 0.25) is 0 Å². The Labute approximate surface area is 123 Å². The molecule has 2 rings (SSSR count). The smallest absolute Gasteiger partial charge is 0.249 e. The van der Waals surface area contributed by atoms with Gasteiger partial charge in [0.25, 0.3) is 0 Å². The molecular weight excluding hydrogens is 274 g/mol. The summed E-state index contributed by atoms with van der Waals surface area (Å²) in [4.78, 5) is 31.0. The molecule has 0 spiro atoms. The molecule has 1 fully saturated rings. The van der Waals surface area contributed by atoms with E-state index in [9.17, 15) is 9.59 Å². The summed E-state index contributed by atoms with van der Waals surface area (Å²) in [6, 6.07) is -0.448. The number of piperazine rings is 1. The molecule has 0 aliphatic carbocycles. The van der Waals surface area contributed by atoms with E-state index in [1.807, 2.05) is 26.2 Å². The Kier molecular flexibility index (Phi) is 4.13. The first-order chi connectivity index (χ1) is 9.43. The van der Waals surface area contributed by atoms with E-state index in [-0.39, 0.29) is 11.8 Å². The summed E-state index contributed by atoms with van der Waals surface area (Å²) in [5.41, 5.74) is 0.0952. The largest absolute Gasteiger partial charge is 0.340 e. The molecule has 20 heavy (non-hydrogen) atoms. The van der Waals surface area contributed by atoms with E-state index >= 15 is 0 Å². The number of aromatic nitrogens is 1. The van der Waals surface area contributed by atoms with Crippen molar-refractivity contribution >= 4 is 23.2 Å². The highest BCUT2D eigenvalue weighted by atomic mass is 32.1. The second-order valence-corrected chi connectivity index (χ2v) is 6.31. The number of nitrogens with zero attached hydrogens (tertiary/aromatic N) is 2. The Bertz CT molecular complexity index is 522. The van der Waals surface area contributed by atoms with Gasteiger partial charge in [-0.05, 0) is 26.7 Å². The van der Waals surface area contributed by atoms with Gasteiger partial charge in [0.1, 0.15) is 11.6 Å². The topological polar surface area (TPSA) is 62.3 Å². The summed E-state index contributed by atoms with van der Waals surface area (Å²) in [5, 5.41) is 5.82. The van der Waals surface area contributed by atoms with Crippen molar-refractivity contribution in [2.24, 2.45) is 0 Å². The van der Waals surface area contributed by atoms with Gasteiger partial charge in [-0.2, -0.15) is 0 Å². The average molecular weight is 295 g/mol. The van der Waals surface area contributed by atoms with Gasteiger partial charge in [0.05, 0.1) is 17.2 Å². The Balaban J connectivity index is 2.28. The lowest BCUT2D eigenvalue weighted by atomic mass is 9.87. The van der Waals surface area contributed by atoms with Crippen LogP contribution < -0.4 is 5.32 Å². The average Bonchev–Trinajstić information content (AvgIpc) is 2.84. The minimum absolute atomic E-state index is 0.000234. The van der Waals surface area contributed by atoms with Gasteiger partial charge in [0.15, 0.2) is 0 Å².